The molecule has 7 nitrogen and oxygen atoms in total. The molecule has 0 aliphatic rings. The summed E-state index contributed by atoms with van der Waals surface area (Å²) in [7, 11) is -7.02. The van der Waals surface area contributed by atoms with Crippen molar-refractivity contribution in [2.24, 2.45) is 0 Å². The number of furan rings is 1. The molecule has 0 saturated heterocycles. The molecule has 0 atom stereocenters. The lowest BCUT2D eigenvalue weighted by Gasteiger charge is -2.19. The van der Waals surface area contributed by atoms with Gasteiger partial charge in [0.1, 0.15) is 11.5 Å². The van der Waals surface area contributed by atoms with Crippen LogP contribution in [0, 0.1) is 0 Å². The number of sulfonamides is 1. The number of rotatable bonds is 8. The highest BCUT2D eigenvalue weighted by atomic mass is 32.2. The normalized spacial score (nSPS) is 12.5. The largest absolute Gasteiger partial charge is 0.468 e. The van der Waals surface area contributed by atoms with Crippen molar-refractivity contribution >= 4 is 20.1 Å². The topological polar surface area (TPSA) is 93.9 Å². The van der Waals surface area contributed by atoms with Crippen LogP contribution in [0.4, 0.5) is 0 Å². The van der Waals surface area contributed by atoms with Gasteiger partial charge in [-0.2, -0.15) is 12.7 Å². The molecule has 0 fully saturated rings. The zero-order valence-corrected chi connectivity index (χ0v) is 15.0. The third-order valence-corrected chi connectivity index (χ3v) is 5.59. The van der Waals surface area contributed by atoms with Crippen LogP contribution in [0.1, 0.15) is 18.2 Å². The van der Waals surface area contributed by atoms with Crippen LogP contribution in [-0.2, 0) is 33.2 Å². The summed E-state index contributed by atoms with van der Waals surface area (Å²) in [5, 5.41) is 0. The fourth-order valence-electron chi connectivity index (χ4n) is 1.93. The summed E-state index contributed by atoms with van der Waals surface area (Å²) in [6.07, 6.45) is 2.61. The molecule has 0 radical (unpaired) electrons. The molecule has 0 spiro atoms. The van der Waals surface area contributed by atoms with Crippen molar-refractivity contribution in [2.75, 3.05) is 12.0 Å². The molecule has 0 aliphatic carbocycles. The molecule has 2 aromatic rings. The maximum absolute atomic E-state index is 11.9. The molecular formula is C15H19NO6S2. The van der Waals surface area contributed by atoms with E-state index >= 15 is 0 Å². The van der Waals surface area contributed by atoms with Crippen LogP contribution in [0.3, 0.4) is 0 Å². The number of hydrogen-bond acceptors (Lipinski definition) is 6. The van der Waals surface area contributed by atoms with Crippen LogP contribution in [0.2, 0.25) is 0 Å². The first-order chi connectivity index (χ1) is 11.2. The predicted octanol–water partition coefficient (Wildman–Crippen LogP) is 1.97. The Labute approximate surface area is 142 Å². The summed E-state index contributed by atoms with van der Waals surface area (Å²) in [6.45, 7) is 1.75. The van der Waals surface area contributed by atoms with E-state index in [1.165, 1.54) is 29.6 Å². The minimum absolute atomic E-state index is 0.119. The van der Waals surface area contributed by atoms with E-state index in [1.54, 1.807) is 24.3 Å². The van der Waals surface area contributed by atoms with Gasteiger partial charge in [0, 0.05) is 6.54 Å². The van der Waals surface area contributed by atoms with Crippen molar-refractivity contribution in [3.8, 4) is 5.75 Å². The Morgan fingerprint density at radius 1 is 1.04 bits per heavy atom. The summed E-state index contributed by atoms with van der Waals surface area (Å²) in [6, 6.07) is 9.63. The van der Waals surface area contributed by atoms with Crippen molar-refractivity contribution in [3.05, 3.63) is 54.0 Å². The van der Waals surface area contributed by atoms with Crippen LogP contribution in [-0.4, -0.2) is 33.1 Å². The second-order valence-corrected chi connectivity index (χ2v) is 9.03. The molecule has 0 unspecified atom stereocenters. The lowest BCUT2D eigenvalue weighted by Crippen LogP contribution is -2.28. The Bertz CT molecular complexity index is 855. The zero-order valence-electron chi connectivity index (χ0n) is 13.4. The molecule has 24 heavy (non-hydrogen) atoms. The lowest BCUT2D eigenvalue weighted by molar-refractivity contribution is 0.361. The van der Waals surface area contributed by atoms with Crippen LogP contribution in [0.5, 0.6) is 5.75 Å². The monoisotopic (exact) mass is 373 g/mol. The highest BCUT2D eigenvalue weighted by Crippen LogP contribution is 2.18. The fourth-order valence-corrected chi connectivity index (χ4v) is 3.19. The van der Waals surface area contributed by atoms with Gasteiger partial charge in [-0.15, -0.1) is 0 Å². The molecular weight excluding hydrogens is 354 g/mol. The van der Waals surface area contributed by atoms with Gasteiger partial charge in [0.05, 0.1) is 24.8 Å². The molecule has 0 saturated carbocycles. The lowest BCUT2D eigenvalue weighted by atomic mass is 10.2. The predicted molar refractivity (Wildman–Crippen MR) is 89.3 cm³/mol. The van der Waals surface area contributed by atoms with Gasteiger partial charge in [-0.25, -0.2) is 8.42 Å². The number of hydrogen-bond donors (Lipinski definition) is 0. The molecule has 0 bridgehead atoms. The standard InChI is InChI=1S/C15H19NO6S2/c1-3-24(19,20)22-14-8-6-13(7-9-14)11-16(23(2,17)18)12-15-5-4-10-21-15/h4-10H,3,11-12H2,1-2H3. The zero-order chi connectivity index (χ0) is 17.8. The Morgan fingerprint density at radius 3 is 2.21 bits per heavy atom. The molecule has 0 amide bonds. The van der Waals surface area contributed by atoms with E-state index in [0.29, 0.717) is 11.3 Å². The van der Waals surface area contributed by atoms with E-state index in [1.807, 2.05) is 0 Å². The van der Waals surface area contributed by atoms with Crippen LogP contribution >= 0.6 is 0 Å². The highest BCUT2D eigenvalue weighted by molar-refractivity contribution is 7.88. The fraction of sp³-hybridized carbons (Fsp3) is 0.333. The molecule has 2 rings (SSSR count). The smallest absolute Gasteiger partial charge is 0.308 e. The Morgan fingerprint density at radius 2 is 1.71 bits per heavy atom. The third-order valence-electron chi connectivity index (χ3n) is 3.24. The number of nitrogens with zero attached hydrogens (tertiary/aromatic N) is 1. The molecule has 0 aliphatic heterocycles. The maximum Gasteiger partial charge on any atom is 0.308 e. The summed E-state index contributed by atoms with van der Waals surface area (Å²) in [5.74, 6) is 0.603. The SMILES string of the molecule is CCS(=O)(=O)Oc1ccc(CN(Cc2ccco2)S(C)(=O)=O)cc1. The third kappa shape index (κ3) is 5.36. The van der Waals surface area contributed by atoms with Crippen molar-refractivity contribution < 1.29 is 25.4 Å². The van der Waals surface area contributed by atoms with Gasteiger partial charge in [0.2, 0.25) is 10.0 Å². The first kappa shape index (κ1) is 18.5. The number of benzene rings is 1. The summed E-state index contributed by atoms with van der Waals surface area (Å²) in [5.41, 5.74) is 0.702. The summed E-state index contributed by atoms with van der Waals surface area (Å²) < 4.78 is 58.1. The van der Waals surface area contributed by atoms with Crippen LogP contribution in [0.15, 0.2) is 47.1 Å². The maximum atomic E-state index is 11.9. The van der Waals surface area contributed by atoms with Crippen molar-refractivity contribution in [1.29, 1.82) is 0 Å². The van der Waals surface area contributed by atoms with Gasteiger partial charge in [-0.1, -0.05) is 12.1 Å². The average Bonchev–Trinajstić information content (AvgIpc) is 3.00. The minimum Gasteiger partial charge on any atom is -0.468 e. The summed E-state index contributed by atoms with van der Waals surface area (Å²) in [4.78, 5) is 0. The van der Waals surface area contributed by atoms with Gasteiger partial charge in [-0.05, 0) is 36.8 Å². The van der Waals surface area contributed by atoms with Crippen molar-refractivity contribution in [1.82, 2.24) is 4.31 Å². The van der Waals surface area contributed by atoms with E-state index in [4.69, 9.17) is 8.60 Å². The quantitative estimate of drug-likeness (QED) is 0.657. The second kappa shape index (κ2) is 7.37. The average molecular weight is 373 g/mol. The molecule has 0 N–H and O–H groups in total. The van der Waals surface area contributed by atoms with E-state index < -0.39 is 20.1 Å². The Kier molecular flexibility index (Phi) is 5.68. The summed E-state index contributed by atoms with van der Waals surface area (Å²) >= 11 is 0. The van der Waals surface area contributed by atoms with E-state index in [2.05, 4.69) is 0 Å². The van der Waals surface area contributed by atoms with Crippen molar-refractivity contribution in [3.63, 3.8) is 0 Å². The molecule has 1 aromatic carbocycles. The first-order valence-electron chi connectivity index (χ1n) is 7.18. The van der Waals surface area contributed by atoms with Gasteiger partial charge >= 0.3 is 10.1 Å². The minimum atomic E-state index is -3.58. The Balaban J connectivity index is 2.12. The van der Waals surface area contributed by atoms with Gasteiger partial charge < -0.3 is 8.60 Å². The van der Waals surface area contributed by atoms with E-state index in [9.17, 15) is 16.8 Å². The second-order valence-electron chi connectivity index (χ2n) is 5.18. The van der Waals surface area contributed by atoms with Crippen LogP contribution < -0.4 is 4.18 Å². The van der Waals surface area contributed by atoms with E-state index in [-0.39, 0.29) is 24.6 Å². The van der Waals surface area contributed by atoms with Crippen LogP contribution in [0.25, 0.3) is 0 Å². The molecule has 9 heteroatoms. The molecule has 1 aromatic heterocycles. The van der Waals surface area contributed by atoms with Crippen molar-refractivity contribution in [2.45, 2.75) is 20.0 Å². The highest BCUT2D eigenvalue weighted by Gasteiger charge is 2.19. The molecule has 132 valence electrons. The first-order valence-corrected chi connectivity index (χ1v) is 10.6. The molecule has 1 heterocycles. The Hall–Kier alpha value is -1.84. The van der Waals surface area contributed by atoms with Gasteiger partial charge in [0.15, 0.2) is 0 Å². The van der Waals surface area contributed by atoms with E-state index in [0.717, 1.165) is 6.26 Å². The van der Waals surface area contributed by atoms with Gasteiger partial charge in [-0.3, -0.25) is 0 Å². The van der Waals surface area contributed by atoms with Gasteiger partial charge in [0.25, 0.3) is 0 Å².